The minimum absolute atomic E-state index is 0.0689. The molecular weight excluding hydrogens is 638 g/mol. The molecule has 1 unspecified atom stereocenters. The molecule has 4 aliphatic heterocycles. The third-order valence-corrected chi connectivity index (χ3v) is 10.5. The van der Waals surface area contributed by atoms with Crippen LogP contribution in [0.5, 0.6) is 0 Å². The van der Waals surface area contributed by atoms with Crippen molar-refractivity contribution in [3.63, 3.8) is 0 Å². The van der Waals surface area contributed by atoms with E-state index < -0.39 is 66.3 Å². The molecule has 0 aliphatic carbocycles. The molecule has 2 aromatic rings. The Labute approximate surface area is 293 Å². The molecule has 9 atom stereocenters. The van der Waals surface area contributed by atoms with Crippen LogP contribution in [0.1, 0.15) is 62.8 Å². The number of aliphatic hydroxyl groups excluding tert-OH is 1. The Morgan fingerprint density at radius 2 is 1.74 bits per heavy atom. The normalized spacial score (nSPS) is 31.7. The molecule has 0 saturated carbocycles. The van der Waals surface area contributed by atoms with Gasteiger partial charge in [0.15, 0.2) is 0 Å². The standard InChI is InChI=1S/C39H47N3O8/c1-4-14-25(2)41-22-13-21-39-33(36(45)42(35(39)37(41)46)29(23-43)26-15-7-5-8-16-26)32-30(50-39)19-11-12-20-31(44)40-28(24-48-3)34(49-38(32)47)27-17-9-6-10-18-27/h5-11,13,15-19,21,25,28-30,32-35,43H,4,12,14,20,22-24H2,1-3H3,(H,40,44)/b19-11-/t25?,28-,29-,30-,32+,33+,34-,35-,39+/m1/s1. The molecule has 4 aliphatic rings. The molecule has 0 aromatic heterocycles. The molecule has 0 bridgehead atoms. The zero-order valence-corrected chi connectivity index (χ0v) is 28.9. The van der Waals surface area contributed by atoms with Crippen LogP contribution in [-0.4, -0.2) is 95.3 Å². The number of hydrogen-bond donors (Lipinski definition) is 2. The van der Waals surface area contributed by atoms with Crippen molar-refractivity contribution in [1.82, 2.24) is 15.1 Å². The van der Waals surface area contributed by atoms with Crippen LogP contribution in [-0.2, 0) is 33.4 Å². The Hall–Kier alpha value is -4.32. The van der Waals surface area contributed by atoms with Crippen molar-refractivity contribution >= 4 is 23.7 Å². The fourth-order valence-corrected chi connectivity index (χ4v) is 8.18. The smallest absolute Gasteiger partial charge is 0.313 e. The lowest BCUT2D eigenvalue weighted by Gasteiger charge is -2.40. The number of ether oxygens (including phenoxy) is 3. The SMILES string of the molecule is CCCC(C)N1CC=C[C@]23O[C@@H]4/C=C\CCC(=O)N[C@H](COC)[C@@H](c5ccccc5)OC(=O)[C@@H]4[C@H]2C(=O)N([C@H](CO)c2ccccc2)[C@@H]3C1=O. The summed E-state index contributed by atoms with van der Waals surface area (Å²) < 4.78 is 18.7. The first-order valence-corrected chi connectivity index (χ1v) is 17.6. The van der Waals surface area contributed by atoms with Gasteiger partial charge >= 0.3 is 5.97 Å². The third kappa shape index (κ3) is 6.50. The monoisotopic (exact) mass is 685 g/mol. The highest BCUT2D eigenvalue weighted by molar-refractivity contribution is 5.99. The maximum atomic E-state index is 15.0. The number of fused-ring (bicyclic) bond motifs is 2. The van der Waals surface area contributed by atoms with Crippen molar-refractivity contribution in [2.75, 3.05) is 26.9 Å². The minimum Gasteiger partial charge on any atom is -0.455 e. The molecule has 50 heavy (non-hydrogen) atoms. The van der Waals surface area contributed by atoms with Gasteiger partial charge in [-0.25, -0.2) is 0 Å². The summed E-state index contributed by atoms with van der Waals surface area (Å²) in [5.41, 5.74) is -0.224. The molecular formula is C39H47N3O8. The Balaban J connectivity index is 1.49. The summed E-state index contributed by atoms with van der Waals surface area (Å²) in [6.45, 7) is 3.99. The van der Waals surface area contributed by atoms with Crippen LogP contribution in [0.15, 0.2) is 85.0 Å². The van der Waals surface area contributed by atoms with Crippen molar-refractivity contribution in [1.29, 1.82) is 0 Å². The molecule has 11 heteroatoms. The molecule has 11 nitrogen and oxygen atoms in total. The van der Waals surface area contributed by atoms with E-state index in [4.69, 9.17) is 14.2 Å². The van der Waals surface area contributed by atoms with Crippen molar-refractivity contribution in [3.8, 4) is 0 Å². The number of methoxy groups -OCH3 is 1. The van der Waals surface area contributed by atoms with Gasteiger partial charge in [0.05, 0.1) is 37.3 Å². The number of cyclic esters (lactones) is 1. The largest absolute Gasteiger partial charge is 0.455 e. The van der Waals surface area contributed by atoms with E-state index in [-0.39, 0.29) is 30.9 Å². The second kappa shape index (κ2) is 15.3. The van der Waals surface area contributed by atoms with E-state index in [1.165, 1.54) is 12.0 Å². The molecule has 3 amide bonds. The van der Waals surface area contributed by atoms with E-state index in [0.29, 0.717) is 24.1 Å². The molecule has 0 radical (unpaired) electrons. The molecule has 2 saturated heterocycles. The fourth-order valence-electron chi connectivity index (χ4n) is 8.18. The number of carbonyl (C=O) groups excluding carboxylic acids is 4. The van der Waals surface area contributed by atoms with Gasteiger partial charge < -0.3 is 34.4 Å². The van der Waals surface area contributed by atoms with Gasteiger partial charge in [-0.3, -0.25) is 19.2 Å². The second-order valence-corrected chi connectivity index (χ2v) is 13.6. The number of nitrogens with zero attached hydrogens (tertiary/aromatic N) is 2. The van der Waals surface area contributed by atoms with Gasteiger partial charge in [0.25, 0.3) is 0 Å². The molecule has 6 rings (SSSR count). The molecule has 266 valence electrons. The van der Waals surface area contributed by atoms with Crippen LogP contribution in [0, 0.1) is 11.8 Å². The average molecular weight is 686 g/mol. The van der Waals surface area contributed by atoms with E-state index in [1.54, 1.807) is 23.1 Å². The van der Waals surface area contributed by atoms with Gasteiger partial charge in [-0.15, -0.1) is 0 Å². The van der Waals surface area contributed by atoms with Crippen molar-refractivity contribution in [2.24, 2.45) is 11.8 Å². The summed E-state index contributed by atoms with van der Waals surface area (Å²) in [6.07, 6.45) is 7.43. The lowest BCUT2D eigenvalue weighted by molar-refractivity contribution is -0.163. The van der Waals surface area contributed by atoms with E-state index in [9.17, 15) is 19.5 Å². The third-order valence-electron chi connectivity index (χ3n) is 10.5. The number of rotatable bonds is 9. The minimum atomic E-state index is -1.53. The summed E-state index contributed by atoms with van der Waals surface area (Å²) in [6, 6.07) is 15.3. The fraction of sp³-hybridized carbons (Fsp3) is 0.487. The topological polar surface area (TPSA) is 135 Å². The number of allylic oxidation sites excluding steroid dienone is 1. The lowest BCUT2D eigenvalue weighted by Crippen LogP contribution is -2.57. The van der Waals surface area contributed by atoms with Crippen molar-refractivity contribution in [3.05, 3.63) is 96.1 Å². The highest BCUT2D eigenvalue weighted by atomic mass is 16.6. The summed E-state index contributed by atoms with van der Waals surface area (Å²) in [5.74, 6) is -3.96. The van der Waals surface area contributed by atoms with Crippen LogP contribution in [0.25, 0.3) is 0 Å². The van der Waals surface area contributed by atoms with E-state index in [1.807, 2.05) is 73.7 Å². The van der Waals surface area contributed by atoms with Gasteiger partial charge in [0.1, 0.15) is 23.7 Å². The van der Waals surface area contributed by atoms with Gasteiger partial charge in [-0.1, -0.05) is 98.3 Å². The van der Waals surface area contributed by atoms with Crippen LogP contribution in [0.3, 0.4) is 0 Å². The number of benzene rings is 2. The number of nitrogens with one attached hydrogen (secondary N) is 1. The van der Waals surface area contributed by atoms with E-state index >= 15 is 4.79 Å². The Kier molecular flexibility index (Phi) is 10.9. The summed E-state index contributed by atoms with van der Waals surface area (Å²) in [4.78, 5) is 60.8. The summed E-state index contributed by atoms with van der Waals surface area (Å²) in [7, 11) is 1.51. The molecule has 4 heterocycles. The van der Waals surface area contributed by atoms with Crippen LogP contribution in [0.4, 0.5) is 0 Å². The van der Waals surface area contributed by atoms with Crippen LogP contribution in [0.2, 0.25) is 0 Å². The highest BCUT2D eigenvalue weighted by Gasteiger charge is 2.72. The number of aliphatic hydroxyl groups is 1. The summed E-state index contributed by atoms with van der Waals surface area (Å²) in [5, 5.41) is 13.8. The predicted octanol–water partition coefficient (Wildman–Crippen LogP) is 3.65. The Bertz CT molecular complexity index is 1600. The number of amides is 3. The first-order valence-electron chi connectivity index (χ1n) is 17.6. The van der Waals surface area contributed by atoms with Crippen molar-refractivity contribution in [2.45, 2.75) is 81.5 Å². The number of carbonyl (C=O) groups is 4. The molecule has 2 fully saturated rings. The molecule has 2 N–H and O–H groups in total. The Morgan fingerprint density at radius 1 is 1.02 bits per heavy atom. The van der Waals surface area contributed by atoms with E-state index in [0.717, 1.165) is 12.8 Å². The van der Waals surface area contributed by atoms with Gasteiger partial charge in [-0.05, 0) is 30.9 Å². The van der Waals surface area contributed by atoms with E-state index in [2.05, 4.69) is 12.2 Å². The first kappa shape index (κ1) is 35.5. The zero-order valence-electron chi connectivity index (χ0n) is 28.9. The lowest BCUT2D eigenvalue weighted by atomic mass is 9.77. The van der Waals surface area contributed by atoms with Crippen LogP contribution >= 0.6 is 0 Å². The molecule has 2 aromatic carbocycles. The Morgan fingerprint density at radius 3 is 2.42 bits per heavy atom. The number of hydrogen-bond acceptors (Lipinski definition) is 8. The van der Waals surface area contributed by atoms with Crippen LogP contribution < -0.4 is 5.32 Å². The zero-order chi connectivity index (χ0) is 35.4. The maximum absolute atomic E-state index is 15.0. The van der Waals surface area contributed by atoms with Gasteiger partial charge in [-0.2, -0.15) is 0 Å². The first-order chi connectivity index (χ1) is 24.2. The maximum Gasteiger partial charge on any atom is 0.313 e. The average Bonchev–Trinajstić information content (AvgIpc) is 3.50. The second-order valence-electron chi connectivity index (χ2n) is 13.6. The van der Waals surface area contributed by atoms with Gasteiger partial charge in [0, 0.05) is 26.1 Å². The quantitative estimate of drug-likeness (QED) is 0.302. The van der Waals surface area contributed by atoms with Gasteiger partial charge in [0.2, 0.25) is 17.7 Å². The van der Waals surface area contributed by atoms with Crippen molar-refractivity contribution < 1.29 is 38.5 Å². The number of esters is 1. The predicted molar refractivity (Wildman–Crippen MR) is 184 cm³/mol. The summed E-state index contributed by atoms with van der Waals surface area (Å²) >= 11 is 0. The highest BCUT2D eigenvalue weighted by Crippen LogP contribution is 2.55. The molecule has 1 spiro atoms. The number of likely N-dealkylation sites (tertiary alicyclic amines) is 1.